The first-order valence-corrected chi connectivity index (χ1v) is 14.3. The first kappa shape index (κ1) is 28.9. The minimum Gasteiger partial charge on any atom is -0.454 e. The molecule has 2 aromatic rings. The van der Waals surface area contributed by atoms with Crippen molar-refractivity contribution in [3.63, 3.8) is 0 Å². The molecule has 1 aliphatic heterocycles. The molecule has 2 atom stereocenters. The fourth-order valence-corrected chi connectivity index (χ4v) is 5.23. The van der Waals surface area contributed by atoms with E-state index in [0.717, 1.165) is 4.31 Å². The average Bonchev–Trinajstić information content (AvgIpc) is 3.34. The number of fused-ring (bicyclic) bond motifs is 1. The van der Waals surface area contributed by atoms with Gasteiger partial charge in [0.25, 0.3) is 0 Å². The zero-order valence-corrected chi connectivity index (χ0v) is 23.5. The van der Waals surface area contributed by atoms with Gasteiger partial charge >= 0.3 is 0 Å². The third-order valence-electron chi connectivity index (χ3n) is 6.18. The molecule has 2 unspecified atom stereocenters. The lowest BCUT2D eigenvalue weighted by Crippen LogP contribution is -2.52. The van der Waals surface area contributed by atoms with Crippen molar-refractivity contribution in [2.75, 3.05) is 23.4 Å². The molecule has 9 nitrogen and oxygen atoms in total. The molecular formula is C25H31Cl2N3O6S. The summed E-state index contributed by atoms with van der Waals surface area (Å²) in [5.74, 6) is -0.359. The van der Waals surface area contributed by atoms with Gasteiger partial charge in [-0.15, -0.1) is 0 Å². The van der Waals surface area contributed by atoms with Crippen LogP contribution in [0.1, 0.15) is 39.7 Å². The molecule has 0 spiro atoms. The summed E-state index contributed by atoms with van der Waals surface area (Å²) in [6.07, 6.45) is 0.704. The Morgan fingerprint density at radius 3 is 2.32 bits per heavy atom. The molecular weight excluding hydrogens is 541 g/mol. The number of nitrogens with zero attached hydrogens (tertiary/aromatic N) is 2. The number of hydrogen-bond donors (Lipinski definition) is 1. The lowest BCUT2D eigenvalue weighted by Gasteiger charge is -2.32. The normalized spacial score (nSPS) is 14.1. The summed E-state index contributed by atoms with van der Waals surface area (Å²) in [5, 5.41) is 3.53. The van der Waals surface area contributed by atoms with E-state index in [0.29, 0.717) is 33.5 Å². The van der Waals surface area contributed by atoms with Crippen LogP contribution in [0.15, 0.2) is 36.4 Å². The second-order valence-corrected chi connectivity index (χ2v) is 11.7. The number of benzene rings is 2. The van der Waals surface area contributed by atoms with E-state index in [2.05, 4.69) is 5.32 Å². The average molecular weight is 573 g/mol. The van der Waals surface area contributed by atoms with E-state index in [1.807, 2.05) is 13.8 Å². The summed E-state index contributed by atoms with van der Waals surface area (Å²) >= 11 is 12.7. The Labute approximate surface area is 227 Å². The molecule has 1 aliphatic rings. The van der Waals surface area contributed by atoms with Crippen LogP contribution in [0.4, 0.5) is 5.69 Å². The van der Waals surface area contributed by atoms with E-state index >= 15 is 0 Å². The Morgan fingerprint density at radius 2 is 1.70 bits per heavy atom. The van der Waals surface area contributed by atoms with Crippen molar-refractivity contribution < 1.29 is 27.5 Å². The number of ether oxygens (including phenoxy) is 2. The van der Waals surface area contributed by atoms with Crippen molar-refractivity contribution >= 4 is 50.7 Å². The largest absolute Gasteiger partial charge is 0.454 e. The smallest absolute Gasteiger partial charge is 0.244 e. The number of carbonyl (C=O) groups excluding carboxylic acids is 2. The SMILES string of the molecule is CCC(C)NC(=O)C(C)N(Cc1c(Cl)cccc1Cl)C(=O)CN(c1ccc2c(c1)OCO2)S(=O)(=O)CC. The highest BCUT2D eigenvalue weighted by Crippen LogP contribution is 2.36. The number of nitrogens with one attached hydrogen (secondary N) is 1. The lowest BCUT2D eigenvalue weighted by atomic mass is 10.1. The van der Waals surface area contributed by atoms with Gasteiger partial charge in [0, 0.05) is 34.3 Å². The molecule has 0 radical (unpaired) electrons. The van der Waals surface area contributed by atoms with E-state index < -0.39 is 28.5 Å². The minimum atomic E-state index is -3.88. The molecule has 0 aliphatic carbocycles. The highest BCUT2D eigenvalue weighted by atomic mass is 35.5. The topological polar surface area (TPSA) is 105 Å². The maximum absolute atomic E-state index is 13.7. The maximum atomic E-state index is 13.7. The molecule has 12 heteroatoms. The first-order chi connectivity index (χ1) is 17.5. The van der Waals surface area contributed by atoms with Crippen LogP contribution >= 0.6 is 23.2 Å². The summed E-state index contributed by atoms with van der Waals surface area (Å²) in [4.78, 5) is 28.1. The van der Waals surface area contributed by atoms with E-state index in [9.17, 15) is 18.0 Å². The molecule has 2 amide bonds. The number of amides is 2. The molecule has 0 bridgehead atoms. The van der Waals surface area contributed by atoms with Gasteiger partial charge in [0.2, 0.25) is 28.6 Å². The van der Waals surface area contributed by atoms with Crippen LogP contribution in [0.3, 0.4) is 0 Å². The highest BCUT2D eigenvalue weighted by Gasteiger charge is 2.32. The number of anilines is 1. The number of hydrogen-bond acceptors (Lipinski definition) is 6. The van der Waals surface area contributed by atoms with Crippen molar-refractivity contribution in [2.24, 2.45) is 0 Å². The first-order valence-electron chi connectivity index (χ1n) is 11.9. The summed E-state index contributed by atoms with van der Waals surface area (Å²) in [6, 6.07) is 8.54. The van der Waals surface area contributed by atoms with Gasteiger partial charge in [-0.05, 0) is 51.5 Å². The molecule has 0 fully saturated rings. The van der Waals surface area contributed by atoms with Crippen LogP contribution in [0, 0.1) is 0 Å². The highest BCUT2D eigenvalue weighted by molar-refractivity contribution is 7.92. The molecule has 202 valence electrons. The molecule has 2 aromatic carbocycles. The summed E-state index contributed by atoms with van der Waals surface area (Å²) in [5.41, 5.74) is 0.697. The van der Waals surface area contributed by atoms with E-state index in [-0.39, 0.29) is 36.7 Å². The number of rotatable bonds is 11. The van der Waals surface area contributed by atoms with Gasteiger partial charge in [0.15, 0.2) is 11.5 Å². The van der Waals surface area contributed by atoms with Crippen molar-refractivity contribution in [1.82, 2.24) is 10.2 Å². The van der Waals surface area contributed by atoms with Crippen molar-refractivity contribution in [3.8, 4) is 11.5 Å². The van der Waals surface area contributed by atoms with Crippen LogP contribution in [-0.4, -0.2) is 56.3 Å². The minimum absolute atomic E-state index is 0.0213. The van der Waals surface area contributed by atoms with Gasteiger partial charge < -0.3 is 19.7 Å². The van der Waals surface area contributed by atoms with Crippen LogP contribution in [-0.2, 0) is 26.2 Å². The lowest BCUT2D eigenvalue weighted by molar-refractivity contribution is -0.139. The van der Waals surface area contributed by atoms with Crippen LogP contribution in [0.5, 0.6) is 11.5 Å². The molecule has 37 heavy (non-hydrogen) atoms. The van der Waals surface area contributed by atoms with Gasteiger partial charge in [-0.1, -0.05) is 36.2 Å². The van der Waals surface area contributed by atoms with Crippen LogP contribution < -0.4 is 19.1 Å². The Balaban J connectivity index is 1.98. The van der Waals surface area contributed by atoms with Crippen LogP contribution in [0.25, 0.3) is 0 Å². The van der Waals surface area contributed by atoms with Crippen molar-refractivity contribution in [3.05, 3.63) is 52.0 Å². The third-order valence-corrected chi connectivity index (χ3v) is 8.63. The van der Waals surface area contributed by atoms with Gasteiger partial charge in [-0.25, -0.2) is 8.42 Å². The zero-order chi connectivity index (χ0) is 27.3. The van der Waals surface area contributed by atoms with E-state index in [4.69, 9.17) is 32.7 Å². The van der Waals surface area contributed by atoms with E-state index in [1.54, 1.807) is 37.3 Å². The summed E-state index contributed by atoms with van der Waals surface area (Å²) in [7, 11) is -3.88. The fourth-order valence-electron chi connectivity index (χ4n) is 3.66. The predicted octanol–water partition coefficient (Wildman–Crippen LogP) is 4.21. The maximum Gasteiger partial charge on any atom is 0.244 e. The third kappa shape index (κ3) is 6.80. The predicted molar refractivity (Wildman–Crippen MR) is 144 cm³/mol. The molecule has 0 saturated heterocycles. The van der Waals surface area contributed by atoms with Gasteiger partial charge in [0.1, 0.15) is 12.6 Å². The number of halogens is 2. The van der Waals surface area contributed by atoms with Crippen LogP contribution in [0.2, 0.25) is 10.0 Å². The number of sulfonamides is 1. The fraction of sp³-hybridized carbons (Fsp3) is 0.440. The summed E-state index contributed by atoms with van der Waals surface area (Å²) < 4.78 is 37.9. The Kier molecular flexibility index (Phi) is 9.55. The Bertz CT molecular complexity index is 1240. The van der Waals surface area contributed by atoms with Gasteiger partial charge in [-0.3, -0.25) is 13.9 Å². The molecule has 1 N–H and O–H groups in total. The van der Waals surface area contributed by atoms with Crippen molar-refractivity contribution in [2.45, 2.75) is 52.7 Å². The standard InChI is InChI=1S/C25H31Cl2N3O6S/c1-5-16(3)28-25(32)17(4)29(13-19-20(26)8-7-9-21(19)27)24(31)14-30(37(33,34)6-2)18-10-11-22-23(12-18)36-15-35-22/h7-12,16-17H,5-6,13-15H2,1-4H3,(H,28,32). The monoisotopic (exact) mass is 571 g/mol. The second kappa shape index (κ2) is 12.2. The Hall–Kier alpha value is -2.69. The van der Waals surface area contributed by atoms with Gasteiger partial charge in [-0.2, -0.15) is 0 Å². The van der Waals surface area contributed by atoms with Crippen molar-refractivity contribution in [1.29, 1.82) is 0 Å². The summed E-state index contributed by atoms with van der Waals surface area (Å²) in [6.45, 7) is 6.25. The molecule has 0 aromatic heterocycles. The van der Waals surface area contributed by atoms with Gasteiger partial charge in [0.05, 0.1) is 11.4 Å². The number of carbonyl (C=O) groups is 2. The second-order valence-electron chi connectivity index (χ2n) is 8.66. The van der Waals surface area contributed by atoms with E-state index in [1.165, 1.54) is 17.9 Å². The molecule has 0 saturated carbocycles. The Morgan fingerprint density at radius 1 is 1.05 bits per heavy atom. The molecule has 1 heterocycles. The zero-order valence-electron chi connectivity index (χ0n) is 21.2. The quantitative estimate of drug-likeness (QED) is 0.433. The molecule has 3 rings (SSSR count).